The highest BCUT2D eigenvalue weighted by molar-refractivity contribution is 7.11. The van der Waals surface area contributed by atoms with Crippen molar-refractivity contribution in [3.63, 3.8) is 0 Å². The predicted octanol–water partition coefficient (Wildman–Crippen LogP) is 5.16. The summed E-state index contributed by atoms with van der Waals surface area (Å²) in [6, 6.07) is 5.70. The van der Waals surface area contributed by atoms with E-state index < -0.39 is 0 Å². The summed E-state index contributed by atoms with van der Waals surface area (Å²) in [5.74, 6) is 0. The standard InChI is InChI=1S/C15H18Cl2N2S/c1-4-5-18-14(15-19-9(2)10(3)20-15)11-6-12(16)8-13(17)7-11/h6-8,14,18H,4-5H2,1-3H3. The van der Waals surface area contributed by atoms with Crippen molar-refractivity contribution in [2.24, 2.45) is 0 Å². The number of aryl methyl sites for hydroxylation is 2. The van der Waals surface area contributed by atoms with Gasteiger partial charge in [-0.25, -0.2) is 4.98 Å². The lowest BCUT2D eigenvalue weighted by Gasteiger charge is -2.17. The normalized spacial score (nSPS) is 12.7. The first kappa shape index (κ1) is 15.8. The monoisotopic (exact) mass is 328 g/mol. The van der Waals surface area contributed by atoms with Gasteiger partial charge in [0.25, 0.3) is 0 Å². The van der Waals surface area contributed by atoms with E-state index in [1.807, 2.05) is 19.1 Å². The number of hydrogen-bond donors (Lipinski definition) is 1. The third-order valence-corrected chi connectivity index (χ3v) is 4.68. The van der Waals surface area contributed by atoms with Gasteiger partial charge in [-0.3, -0.25) is 0 Å². The number of benzene rings is 1. The average molecular weight is 329 g/mol. The number of halogens is 2. The van der Waals surface area contributed by atoms with Crippen LogP contribution in [0.5, 0.6) is 0 Å². The second kappa shape index (κ2) is 6.90. The fourth-order valence-electron chi connectivity index (χ4n) is 2.00. The number of thiazole rings is 1. The SMILES string of the molecule is CCCNC(c1cc(Cl)cc(Cl)c1)c1nc(C)c(C)s1. The Balaban J connectivity index is 2.40. The molecule has 0 fully saturated rings. The van der Waals surface area contributed by atoms with Crippen LogP contribution in [0.15, 0.2) is 18.2 Å². The first-order valence-corrected chi connectivity index (χ1v) is 8.21. The molecule has 0 saturated carbocycles. The van der Waals surface area contributed by atoms with Crippen LogP contribution in [0.2, 0.25) is 10.0 Å². The lowest BCUT2D eigenvalue weighted by molar-refractivity contribution is 0.595. The summed E-state index contributed by atoms with van der Waals surface area (Å²) in [7, 11) is 0. The van der Waals surface area contributed by atoms with E-state index in [0.717, 1.165) is 29.2 Å². The van der Waals surface area contributed by atoms with E-state index in [9.17, 15) is 0 Å². The minimum Gasteiger partial charge on any atom is -0.304 e. The Morgan fingerprint density at radius 1 is 1.20 bits per heavy atom. The van der Waals surface area contributed by atoms with Gasteiger partial charge in [-0.05, 0) is 50.6 Å². The highest BCUT2D eigenvalue weighted by Gasteiger charge is 2.19. The zero-order chi connectivity index (χ0) is 14.7. The van der Waals surface area contributed by atoms with Gasteiger partial charge in [-0.2, -0.15) is 0 Å². The summed E-state index contributed by atoms with van der Waals surface area (Å²) in [6.07, 6.45) is 1.06. The summed E-state index contributed by atoms with van der Waals surface area (Å²) in [4.78, 5) is 5.92. The molecule has 0 amide bonds. The van der Waals surface area contributed by atoms with E-state index in [4.69, 9.17) is 23.2 Å². The molecule has 1 heterocycles. The van der Waals surface area contributed by atoms with Crippen LogP contribution in [0.3, 0.4) is 0 Å². The number of hydrogen-bond acceptors (Lipinski definition) is 3. The van der Waals surface area contributed by atoms with Crippen molar-refractivity contribution in [1.82, 2.24) is 10.3 Å². The third-order valence-electron chi connectivity index (χ3n) is 3.11. The minimum atomic E-state index is 0.0450. The van der Waals surface area contributed by atoms with Crippen molar-refractivity contribution in [3.05, 3.63) is 49.4 Å². The smallest absolute Gasteiger partial charge is 0.115 e. The van der Waals surface area contributed by atoms with Crippen LogP contribution < -0.4 is 5.32 Å². The van der Waals surface area contributed by atoms with Crippen molar-refractivity contribution in [2.75, 3.05) is 6.54 Å². The van der Waals surface area contributed by atoms with E-state index in [1.54, 1.807) is 17.4 Å². The summed E-state index contributed by atoms with van der Waals surface area (Å²) >= 11 is 14.0. The second-order valence-electron chi connectivity index (χ2n) is 4.78. The van der Waals surface area contributed by atoms with Gasteiger partial charge in [0, 0.05) is 14.9 Å². The van der Waals surface area contributed by atoms with Crippen molar-refractivity contribution in [2.45, 2.75) is 33.2 Å². The van der Waals surface area contributed by atoms with Crippen LogP contribution in [0.4, 0.5) is 0 Å². The van der Waals surface area contributed by atoms with Gasteiger partial charge in [-0.15, -0.1) is 11.3 Å². The molecule has 0 aliphatic carbocycles. The summed E-state index contributed by atoms with van der Waals surface area (Å²) in [5.41, 5.74) is 2.14. The Bertz CT molecular complexity index is 556. The Morgan fingerprint density at radius 3 is 2.35 bits per heavy atom. The quantitative estimate of drug-likeness (QED) is 0.820. The maximum Gasteiger partial charge on any atom is 0.115 e. The first-order chi connectivity index (χ1) is 9.51. The molecule has 108 valence electrons. The molecule has 0 aliphatic rings. The predicted molar refractivity (Wildman–Crippen MR) is 88.2 cm³/mol. The molecule has 2 aromatic rings. The van der Waals surface area contributed by atoms with Crippen LogP contribution >= 0.6 is 34.5 Å². The minimum absolute atomic E-state index is 0.0450. The molecule has 0 aliphatic heterocycles. The highest BCUT2D eigenvalue weighted by Crippen LogP contribution is 2.31. The maximum atomic E-state index is 6.12. The van der Waals surface area contributed by atoms with Gasteiger partial charge >= 0.3 is 0 Å². The van der Waals surface area contributed by atoms with Gasteiger partial charge in [0.05, 0.1) is 11.7 Å². The van der Waals surface area contributed by atoms with Crippen molar-refractivity contribution >= 4 is 34.5 Å². The zero-order valence-corrected chi connectivity index (χ0v) is 14.2. The molecule has 20 heavy (non-hydrogen) atoms. The van der Waals surface area contributed by atoms with Crippen LogP contribution in [-0.2, 0) is 0 Å². The van der Waals surface area contributed by atoms with Gasteiger partial charge in [-0.1, -0.05) is 30.1 Å². The van der Waals surface area contributed by atoms with Crippen molar-refractivity contribution < 1.29 is 0 Å². The topological polar surface area (TPSA) is 24.9 Å². The largest absolute Gasteiger partial charge is 0.304 e. The summed E-state index contributed by atoms with van der Waals surface area (Å²) in [5, 5.41) is 5.90. The van der Waals surface area contributed by atoms with Crippen molar-refractivity contribution in [3.8, 4) is 0 Å². The first-order valence-electron chi connectivity index (χ1n) is 6.64. The lowest BCUT2D eigenvalue weighted by Crippen LogP contribution is -2.23. The fourth-order valence-corrected chi connectivity index (χ4v) is 3.57. The molecule has 0 spiro atoms. The third kappa shape index (κ3) is 3.73. The van der Waals surface area contributed by atoms with Gasteiger partial charge in [0.1, 0.15) is 5.01 Å². The Kier molecular flexibility index (Phi) is 5.44. The molecular formula is C15H18Cl2N2S. The van der Waals surface area contributed by atoms with Crippen LogP contribution in [0, 0.1) is 13.8 Å². The summed E-state index contributed by atoms with van der Waals surface area (Å²) < 4.78 is 0. The van der Waals surface area contributed by atoms with E-state index in [1.165, 1.54) is 4.88 Å². The maximum absolute atomic E-state index is 6.12. The number of aromatic nitrogens is 1. The van der Waals surface area contributed by atoms with Crippen LogP contribution in [0.25, 0.3) is 0 Å². The molecule has 1 unspecified atom stereocenters. The number of rotatable bonds is 5. The summed E-state index contributed by atoms with van der Waals surface area (Å²) in [6.45, 7) is 7.20. The molecular weight excluding hydrogens is 311 g/mol. The van der Waals surface area contributed by atoms with Crippen molar-refractivity contribution in [1.29, 1.82) is 0 Å². The highest BCUT2D eigenvalue weighted by atomic mass is 35.5. The van der Waals surface area contributed by atoms with Crippen LogP contribution in [0.1, 0.15) is 40.5 Å². The van der Waals surface area contributed by atoms with Gasteiger partial charge in [0.2, 0.25) is 0 Å². The molecule has 1 N–H and O–H groups in total. The molecule has 0 bridgehead atoms. The Morgan fingerprint density at radius 2 is 1.85 bits per heavy atom. The molecule has 1 atom stereocenters. The lowest BCUT2D eigenvalue weighted by atomic mass is 10.1. The van der Waals surface area contributed by atoms with E-state index in [2.05, 4.69) is 24.1 Å². The number of nitrogens with zero attached hydrogens (tertiary/aromatic N) is 1. The molecule has 2 rings (SSSR count). The number of nitrogens with one attached hydrogen (secondary N) is 1. The molecule has 1 aromatic carbocycles. The molecule has 5 heteroatoms. The fraction of sp³-hybridized carbons (Fsp3) is 0.400. The Hall–Kier alpha value is -0.610. The Labute approximate surface area is 134 Å². The van der Waals surface area contributed by atoms with Gasteiger partial charge < -0.3 is 5.32 Å². The zero-order valence-electron chi connectivity index (χ0n) is 11.8. The molecule has 0 saturated heterocycles. The second-order valence-corrected chi connectivity index (χ2v) is 6.89. The molecule has 2 nitrogen and oxygen atoms in total. The van der Waals surface area contributed by atoms with E-state index in [-0.39, 0.29) is 6.04 Å². The van der Waals surface area contributed by atoms with E-state index in [0.29, 0.717) is 10.0 Å². The van der Waals surface area contributed by atoms with Crippen LogP contribution in [-0.4, -0.2) is 11.5 Å². The average Bonchev–Trinajstić information content (AvgIpc) is 2.69. The molecule has 0 radical (unpaired) electrons. The molecule has 1 aromatic heterocycles. The van der Waals surface area contributed by atoms with E-state index >= 15 is 0 Å². The van der Waals surface area contributed by atoms with Gasteiger partial charge in [0.15, 0.2) is 0 Å².